The van der Waals surface area contributed by atoms with Gasteiger partial charge in [0.25, 0.3) is 5.91 Å². The van der Waals surface area contributed by atoms with Crippen molar-refractivity contribution in [2.75, 3.05) is 6.61 Å². The van der Waals surface area contributed by atoms with Crippen LogP contribution in [0.25, 0.3) is 16.9 Å². The Morgan fingerprint density at radius 3 is 2.32 bits per heavy atom. The van der Waals surface area contributed by atoms with Gasteiger partial charge >= 0.3 is 0 Å². The van der Waals surface area contributed by atoms with Crippen molar-refractivity contribution < 1.29 is 9.90 Å². The number of rotatable bonds is 3. The molecular weight excluding hydrogens is 457 g/mol. The van der Waals surface area contributed by atoms with Gasteiger partial charge in [0.05, 0.1) is 22.0 Å². The average Bonchev–Trinajstić information content (AvgIpc) is 3.05. The number of aliphatic hydroxyl groups is 1. The number of nitrogens with zero attached hydrogens (tertiary/aromatic N) is 2. The molecule has 0 saturated heterocycles. The monoisotopic (exact) mass is 475 g/mol. The Morgan fingerprint density at radius 1 is 1.10 bits per heavy atom. The van der Waals surface area contributed by atoms with Crippen LogP contribution in [0.1, 0.15) is 36.8 Å². The first-order valence-corrected chi connectivity index (χ1v) is 10.5. The third-order valence-electron chi connectivity index (χ3n) is 4.14. The molecule has 0 aliphatic heterocycles. The standard InChI is InChI=1S/C23H20Cl3N3O2/c1-23(2,3)27-22(31)20-17(5-4-12-30)21(14-6-8-15(24)9-7-14)29(28-20)19-11-10-16(25)13-18(19)26/h6-11,13,30H,12H2,1-3H3,(H,27,31). The predicted molar refractivity (Wildman–Crippen MR) is 125 cm³/mol. The van der Waals surface area contributed by atoms with Crippen molar-refractivity contribution in [3.8, 4) is 28.8 Å². The molecule has 0 spiro atoms. The molecule has 2 N–H and O–H groups in total. The fraction of sp³-hybridized carbons (Fsp3) is 0.217. The third-order valence-corrected chi connectivity index (χ3v) is 4.93. The van der Waals surface area contributed by atoms with Gasteiger partial charge in [0.1, 0.15) is 6.61 Å². The van der Waals surface area contributed by atoms with Gasteiger partial charge < -0.3 is 10.4 Å². The van der Waals surface area contributed by atoms with E-state index in [9.17, 15) is 9.90 Å². The van der Waals surface area contributed by atoms with E-state index in [-0.39, 0.29) is 12.3 Å². The first kappa shape index (κ1) is 23.2. The average molecular weight is 477 g/mol. The minimum atomic E-state index is -0.485. The van der Waals surface area contributed by atoms with E-state index in [2.05, 4.69) is 22.3 Å². The van der Waals surface area contributed by atoms with Crippen LogP contribution < -0.4 is 5.32 Å². The molecule has 31 heavy (non-hydrogen) atoms. The number of nitrogens with one attached hydrogen (secondary N) is 1. The van der Waals surface area contributed by atoms with Gasteiger partial charge in [-0.2, -0.15) is 5.10 Å². The van der Waals surface area contributed by atoms with Crippen molar-refractivity contribution in [3.05, 3.63) is 68.8 Å². The fourth-order valence-electron chi connectivity index (χ4n) is 2.92. The SMILES string of the molecule is CC(C)(C)NC(=O)c1nn(-c2ccc(Cl)cc2Cl)c(-c2ccc(Cl)cc2)c1C#CCO. The third kappa shape index (κ3) is 5.41. The van der Waals surface area contributed by atoms with Gasteiger partial charge in [-0.05, 0) is 51.1 Å². The molecule has 0 aliphatic rings. The van der Waals surface area contributed by atoms with Crippen LogP contribution >= 0.6 is 34.8 Å². The smallest absolute Gasteiger partial charge is 0.273 e. The van der Waals surface area contributed by atoms with E-state index >= 15 is 0 Å². The first-order valence-electron chi connectivity index (χ1n) is 9.37. The highest BCUT2D eigenvalue weighted by Gasteiger charge is 2.27. The number of benzene rings is 2. The molecule has 2 aromatic carbocycles. The summed E-state index contributed by atoms with van der Waals surface area (Å²) in [5.74, 6) is 5.12. The molecule has 0 atom stereocenters. The molecular formula is C23H20Cl3N3O2. The minimum absolute atomic E-state index is 0.117. The molecule has 1 aromatic heterocycles. The number of halogens is 3. The van der Waals surface area contributed by atoms with Gasteiger partial charge in [0, 0.05) is 21.1 Å². The maximum absolute atomic E-state index is 13.1. The summed E-state index contributed by atoms with van der Waals surface area (Å²) in [5, 5.41) is 18.2. The van der Waals surface area contributed by atoms with Gasteiger partial charge in [-0.3, -0.25) is 4.79 Å². The Hall–Kier alpha value is -2.49. The maximum atomic E-state index is 13.1. The van der Waals surface area contributed by atoms with E-state index in [1.165, 1.54) is 0 Å². The summed E-state index contributed by atoms with van der Waals surface area (Å²) in [5.41, 5.74) is 1.79. The van der Waals surface area contributed by atoms with Crippen molar-refractivity contribution in [2.45, 2.75) is 26.3 Å². The molecule has 1 amide bonds. The van der Waals surface area contributed by atoms with Crippen molar-refractivity contribution >= 4 is 40.7 Å². The Balaban J connectivity index is 2.35. The molecule has 1 heterocycles. The number of amides is 1. The molecule has 0 aliphatic carbocycles. The summed E-state index contributed by atoms with van der Waals surface area (Å²) in [6.07, 6.45) is 0. The molecule has 0 fully saturated rings. The zero-order valence-corrected chi connectivity index (χ0v) is 19.4. The second-order valence-electron chi connectivity index (χ2n) is 7.75. The number of hydrogen-bond donors (Lipinski definition) is 2. The molecule has 8 heteroatoms. The topological polar surface area (TPSA) is 67.2 Å². The maximum Gasteiger partial charge on any atom is 0.273 e. The normalized spacial score (nSPS) is 11.1. The highest BCUT2D eigenvalue weighted by atomic mass is 35.5. The summed E-state index contributed by atoms with van der Waals surface area (Å²) >= 11 is 18.6. The fourth-order valence-corrected chi connectivity index (χ4v) is 3.54. The number of hydrogen-bond acceptors (Lipinski definition) is 3. The Bertz CT molecular complexity index is 1180. The second kappa shape index (κ2) is 9.33. The highest BCUT2D eigenvalue weighted by Crippen LogP contribution is 2.33. The van der Waals surface area contributed by atoms with Crippen LogP contribution in [0.5, 0.6) is 0 Å². The Morgan fingerprint density at radius 2 is 1.74 bits per heavy atom. The predicted octanol–water partition coefficient (Wildman–Crippen LogP) is 5.37. The van der Waals surface area contributed by atoms with Crippen LogP contribution in [-0.2, 0) is 0 Å². The first-order chi connectivity index (χ1) is 14.6. The molecule has 5 nitrogen and oxygen atoms in total. The van der Waals surface area contributed by atoms with E-state index in [0.29, 0.717) is 32.0 Å². The number of carbonyl (C=O) groups excluding carboxylic acids is 1. The molecule has 3 rings (SSSR count). The molecule has 160 valence electrons. The zero-order valence-electron chi connectivity index (χ0n) is 17.1. The Kier molecular flexibility index (Phi) is 6.98. The van der Waals surface area contributed by atoms with Gasteiger partial charge in [-0.15, -0.1) is 0 Å². The highest BCUT2D eigenvalue weighted by molar-refractivity contribution is 6.35. The summed E-state index contributed by atoms with van der Waals surface area (Å²) in [6, 6.07) is 12.1. The van der Waals surface area contributed by atoms with Crippen molar-refractivity contribution in [1.29, 1.82) is 0 Å². The second-order valence-corrected chi connectivity index (χ2v) is 9.03. The number of carbonyl (C=O) groups is 1. The molecule has 3 aromatic rings. The quantitative estimate of drug-likeness (QED) is 0.499. The molecule has 0 bridgehead atoms. The van der Waals surface area contributed by atoms with Crippen molar-refractivity contribution in [2.24, 2.45) is 0 Å². The lowest BCUT2D eigenvalue weighted by Crippen LogP contribution is -2.41. The summed E-state index contributed by atoms with van der Waals surface area (Å²) < 4.78 is 1.56. The van der Waals surface area contributed by atoms with Crippen LogP contribution in [-0.4, -0.2) is 32.9 Å². The molecule has 0 unspecified atom stereocenters. The van der Waals surface area contributed by atoms with Crippen molar-refractivity contribution in [1.82, 2.24) is 15.1 Å². The number of aromatic nitrogens is 2. The van der Waals surface area contributed by atoms with Gasteiger partial charge in [0.15, 0.2) is 5.69 Å². The summed E-state index contributed by atoms with van der Waals surface area (Å²) in [7, 11) is 0. The van der Waals surface area contributed by atoms with Crippen LogP contribution in [0.3, 0.4) is 0 Å². The van der Waals surface area contributed by atoms with Gasteiger partial charge in [0.2, 0.25) is 0 Å². The largest absolute Gasteiger partial charge is 0.384 e. The zero-order chi connectivity index (χ0) is 22.8. The van der Waals surface area contributed by atoms with Crippen LogP contribution in [0.4, 0.5) is 0 Å². The summed E-state index contributed by atoms with van der Waals surface area (Å²) in [6.45, 7) is 5.25. The van der Waals surface area contributed by atoms with Crippen LogP contribution in [0, 0.1) is 11.8 Å². The van der Waals surface area contributed by atoms with Crippen molar-refractivity contribution in [3.63, 3.8) is 0 Å². The lowest BCUT2D eigenvalue weighted by Gasteiger charge is -2.19. The van der Waals surface area contributed by atoms with E-state index in [1.54, 1.807) is 47.1 Å². The van der Waals surface area contributed by atoms with E-state index in [0.717, 1.165) is 5.56 Å². The lowest BCUT2D eigenvalue weighted by atomic mass is 10.0. The molecule has 0 radical (unpaired) electrons. The lowest BCUT2D eigenvalue weighted by molar-refractivity contribution is 0.0913. The number of aliphatic hydroxyl groups excluding tert-OH is 1. The van der Waals surface area contributed by atoms with E-state index in [4.69, 9.17) is 34.8 Å². The van der Waals surface area contributed by atoms with E-state index < -0.39 is 11.4 Å². The van der Waals surface area contributed by atoms with Gasteiger partial charge in [-0.1, -0.05) is 58.8 Å². The van der Waals surface area contributed by atoms with Crippen LogP contribution in [0.2, 0.25) is 15.1 Å². The van der Waals surface area contributed by atoms with Gasteiger partial charge in [-0.25, -0.2) is 4.68 Å². The van der Waals surface area contributed by atoms with E-state index in [1.807, 2.05) is 20.8 Å². The Labute approximate surface area is 195 Å². The molecule has 0 saturated carbocycles. The summed E-state index contributed by atoms with van der Waals surface area (Å²) in [4.78, 5) is 13.1. The van der Waals surface area contributed by atoms with Crippen LogP contribution in [0.15, 0.2) is 42.5 Å². The minimum Gasteiger partial charge on any atom is -0.384 e.